The van der Waals surface area contributed by atoms with Gasteiger partial charge in [-0.25, -0.2) is 4.79 Å². The summed E-state index contributed by atoms with van der Waals surface area (Å²) >= 11 is 18.5. The number of amides is 2. The fourth-order valence-electron chi connectivity index (χ4n) is 3.37. The Hall–Kier alpha value is -2.14. The van der Waals surface area contributed by atoms with Gasteiger partial charge in [-0.05, 0) is 48.4 Å². The van der Waals surface area contributed by atoms with E-state index in [9.17, 15) is 4.79 Å². The number of nitrogens with zero attached hydrogens (tertiary/aromatic N) is 2. The number of aromatic nitrogens is 1. The lowest BCUT2D eigenvalue weighted by Crippen LogP contribution is -2.36. The summed E-state index contributed by atoms with van der Waals surface area (Å²) in [6, 6.07) is 16.9. The van der Waals surface area contributed by atoms with Crippen LogP contribution in [0.1, 0.15) is 37.4 Å². The summed E-state index contributed by atoms with van der Waals surface area (Å²) in [6.07, 6.45) is 5.10. The molecule has 4 nitrogen and oxygen atoms in total. The molecule has 0 aliphatic carbocycles. The largest absolute Gasteiger partial charge is 0.345 e. The summed E-state index contributed by atoms with van der Waals surface area (Å²) in [6.45, 7) is 3.97. The van der Waals surface area contributed by atoms with Gasteiger partial charge in [0.1, 0.15) is 0 Å². The number of benzene rings is 2. The van der Waals surface area contributed by atoms with Crippen LogP contribution in [0.25, 0.3) is 0 Å². The van der Waals surface area contributed by atoms with E-state index in [2.05, 4.69) is 16.8 Å². The Morgan fingerprint density at radius 3 is 2.61 bits per heavy atom. The average Bonchev–Trinajstić information content (AvgIpc) is 3.17. The molecule has 3 aromatic rings. The van der Waals surface area contributed by atoms with E-state index >= 15 is 0 Å². The van der Waals surface area contributed by atoms with Gasteiger partial charge in [-0.3, -0.25) is 0 Å². The first-order chi connectivity index (χ1) is 15.0. The quantitative estimate of drug-likeness (QED) is 0.314. The molecule has 0 aliphatic heterocycles. The molecule has 0 saturated carbocycles. The van der Waals surface area contributed by atoms with Crippen LogP contribution >= 0.6 is 34.8 Å². The third-order valence-electron chi connectivity index (χ3n) is 5.03. The van der Waals surface area contributed by atoms with Crippen LogP contribution < -0.4 is 5.32 Å². The van der Waals surface area contributed by atoms with Gasteiger partial charge in [-0.15, -0.1) is 0 Å². The number of halogens is 3. The summed E-state index contributed by atoms with van der Waals surface area (Å²) < 4.78 is 2.14. The van der Waals surface area contributed by atoms with Crippen molar-refractivity contribution >= 4 is 46.5 Å². The third kappa shape index (κ3) is 6.67. The third-order valence-corrected chi connectivity index (χ3v) is 6.08. The lowest BCUT2D eigenvalue weighted by molar-refractivity contribution is 0.206. The molecule has 2 aromatic carbocycles. The van der Waals surface area contributed by atoms with Crippen LogP contribution in [0.15, 0.2) is 60.8 Å². The molecular weight excluding hydrogens is 453 g/mol. The van der Waals surface area contributed by atoms with E-state index in [0.29, 0.717) is 40.4 Å². The Bertz CT molecular complexity index is 1020. The lowest BCUT2D eigenvalue weighted by Gasteiger charge is -2.24. The zero-order chi connectivity index (χ0) is 22.2. The number of nitrogens with one attached hydrogen (secondary N) is 1. The van der Waals surface area contributed by atoms with Crippen LogP contribution in [-0.2, 0) is 13.1 Å². The smallest absolute Gasteiger partial charge is 0.322 e. The number of carbonyl (C=O) groups excluding carboxylic acids is 1. The number of carbonyl (C=O) groups is 1. The highest BCUT2D eigenvalue weighted by molar-refractivity contribution is 6.43. The molecule has 7 heteroatoms. The van der Waals surface area contributed by atoms with Gasteiger partial charge in [-0.1, -0.05) is 72.8 Å². The highest BCUT2D eigenvalue weighted by Gasteiger charge is 2.17. The summed E-state index contributed by atoms with van der Waals surface area (Å²) in [5, 5.41) is 4.38. The van der Waals surface area contributed by atoms with Crippen LogP contribution in [0, 0.1) is 0 Å². The first kappa shape index (κ1) is 23.5. The Balaban J connectivity index is 1.76. The van der Waals surface area contributed by atoms with Crippen LogP contribution in [0.2, 0.25) is 15.1 Å². The molecule has 1 N–H and O–H groups in total. The number of rotatable bonds is 9. The van der Waals surface area contributed by atoms with Gasteiger partial charge >= 0.3 is 6.03 Å². The van der Waals surface area contributed by atoms with Crippen LogP contribution in [0.4, 0.5) is 10.5 Å². The van der Waals surface area contributed by atoms with Crippen molar-refractivity contribution in [3.05, 3.63) is 87.1 Å². The highest BCUT2D eigenvalue weighted by Crippen LogP contribution is 2.29. The highest BCUT2D eigenvalue weighted by atomic mass is 35.5. The van der Waals surface area contributed by atoms with Crippen LogP contribution in [0.5, 0.6) is 0 Å². The monoisotopic (exact) mass is 477 g/mol. The van der Waals surface area contributed by atoms with E-state index in [0.717, 1.165) is 30.5 Å². The summed E-state index contributed by atoms with van der Waals surface area (Å²) in [7, 11) is 0. The number of unbranched alkanes of at least 4 members (excludes halogenated alkanes) is 2. The standard InChI is InChI=1S/C24H26Cl3N3O/c1-2-3-4-13-30(24(31)28-22-12-6-11-21(26)23(22)27)17-20-10-7-14-29(20)16-18-8-5-9-19(25)15-18/h5-12,14-15H,2-4,13,16-17H2,1H3,(H,28,31). The van der Waals surface area contributed by atoms with Crippen molar-refractivity contribution in [2.45, 2.75) is 39.3 Å². The number of urea groups is 1. The van der Waals surface area contributed by atoms with Gasteiger partial charge in [-0.2, -0.15) is 0 Å². The summed E-state index contributed by atoms with van der Waals surface area (Å²) in [4.78, 5) is 14.9. The minimum Gasteiger partial charge on any atom is -0.345 e. The Labute approximate surface area is 198 Å². The Morgan fingerprint density at radius 2 is 1.84 bits per heavy atom. The minimum absolute atomic E-state index is 0.198. The summed E-state index contributed by atoms with van der Waals surface area (Å²) in [5.41, 5.74) is 2.66. The molecule has 0 aliphatic rings. The van der Waals surface area contributed by atoms with E-state index in [1.54, 1.807) is 18.2 Å². The molecule has 1 aromatic heterocycles. The van der Waals surface area contributed by atoms with Crippen molar-refractivity contribution in [3.63, 3.8) is 0 Å². The number of anilines is 1. The first-order valence-corrected chi connectivity index (χ1v) is 11.5. The first-order valence-electron chi connectivity index (χ1n) is 10.4. The molecule has 0 saturated heterocycles. The molecule has 0 spiro atoms. The van der Waals surface area contributed by atoms with Gasteiger partial charge in [0.15, 0.2) is 0 Å². The maximum absolute atomic E-state index is 13.1. The second-order valence-electron chi connectivity index (χ2n) is 7.42. The topological polar surface area (TPSA) is 37.3 Å². The molecule has 0 unspecified atom stereocenters. The molecule has 0 radical (unpaired) electrons. The molecular formula is C24H26Cl3N3O. The zero-order valence-corrected chi connectivity index (χ0v) is 19.7. The molecule has 0 fully saturated rings. The van der Waals surface area contributed by atoms with Crippen molar-refractivity contribution in [3.8, 4) is 0 Å². The van der Waals surface area contributed by atoms with E-state index in [-0.39, 0.29) is 6.03 Å². The second-order valence-corrected chi connectivity index (χ2v) is 8.64. The summed E-state index contributed by atoms with van der Waals surface area (Å²) in [5.74, 6) is 0. The number of hydrogen-bond acceptors (Lipinski definition) is 1. The molecule has 0 atom stereocenters. The fourth-order valence-corrected chi connectivity index (χ4v) is 3.94. The average molecular weight is 479 g/mol. The normalized spacial score (nSPS) is 10.8. The van der Waals surface area contributed by atoms with Crippen LogP contribution in [-0.4, -0.2) is 22.0 Å². The van der Waals surface area contributed by atoms with Gasteiger partial charge in [0.25, 0.3) is 0 Å². The van der Waals surface area contributed by atoms with E-state index in [1.165, 1.54) is 0 Å². The number of hydrogen-bond donors (Lipinski definition) is 1. The molecule has 31 heavy (non-hydrogen) atoms. The van der Waals surface area contributed by atoms with Gasteiger partial charge in [0.2, 0.25) is 0 Å². The maximum Gasteiger partial charge on any atom is 0.322 e. The van der Waals surface area contributed by atoms with Crippen molar-refractivity contribution in [1.82, 2.24) is 9.47 Å². The minimum atomic E-state index is -0.198. The van der Waals surface area contributed by atoms with Crippen molar-refractivity contribution in [2.75, 3.05) is 11.9 Å². The van der Waals surface area contributed by atoms with Crippen molar-refractivity contribution in [1.29, 1.82) is 0 Å². The fraction of sp³-hybridized carbons (Fsp3) is 0.292. The van der Waals surface area contributed by atoms with Crippen molar-refractivity contribution in [2.24, 2.45) is 0 Å². The van der Waals surface area contributed by atoms with E-state index in [1.807, 2.05) is 47.5 Å². The van der Waals surface area contributed by atoms with Crippen molar-refractivity contribution < 1.29 is 4.79 Å². The van der Waals surface area contributed by atoms with E-state index < -0.39 is 0 Å². The van der Waals surface area contributed by atoms with Gasteiger partial charge < -0.3 is 14.8 Å². The SMILES string of the molecule is CCCCCN(Cc1cccn1Cc1cccc(Cl)c1)C(=O)Nc1cccc(Cl)c1Cl. The van der Waals surface area contributed by atoms with Gasteiger partial charge in [0.05, 0.1) is 22.3 Å². The maximum atomic E-state index is 13.1. The molecule has 3 rings (SSSR count). The van der Waals surface area contributed by atoms with Crippen LogP contribution in [0.3, 0.4) is 0 Å². The molecule has 1 heterocycles. The zero-order valence-electron chi connectivity index (χ0n) is 17.5. The predicted octanol–water partition coefficient (Wildman–Crippen LogP) is 7.72. The predicted molar refractivity (Wildman–Crippen MR) is 130 cm³/mol. The lowest BCUT2D eigenvalue weighted by atomic mass is 10.2. The molecule has 2 amide bonds. The molecule has 164 valence electrons. The Kier molecular flexibility index (Phi) is 8.70. The molecule has 0 bridgehead atoms. The Morgan fingerprint density at radius 1 is 1.03 bits per heavy atom. The van der Waals surface area contributed by atoms with Gasteiger partial charge in [0, 0.05) is 30.0 Å². The van der Waals surface area contributed by atoms with E-state index in [4.69, 9.17) is 34.8 Å². The second kappa shape index (κ2) is 11.5.